The highest BCUT2D eigenvalue weighted by molar-refractivity contribution is 7.98. The molecule has 0 radical (unpaired) electrons. The van der Waals surface area contributed by atoms with Crippen molar-refractivity contribution in [3.05, 3.63) is 76.0 Å². The van der Waals surface area contributed by atoms with E-state index in [1.165, 1.54) is 23.4 Å². The van der Waals surface area contributed by atoms with Crippen LogP contribution in [0.5, 0.6) is 0 Å². The van der Waals surface area contributed by atoms with E-state index in [-0.39, 0.29) is 5.56 Å². The standard InChI is InChI=1S/C21H20N6OS/c1-3-14-7-8-17-16(10-14)13(2)23-20(25-17)27-21-24-15(11-18(28)26-21)12-29-19-6-4-5-9-22-19/h4-11H,3,12H2,1-2H3,(H2,23,24,25,26,27,28). The Morgan fingerprint density at radius 2 is 2.00 bits per heavy atom. The molecule has 0 amide bonds. The normalized spacial score (nSPS) is 11.0. The van der Waals surface area contributed by atoms with Crippen molar-refractivity contribution in [2.75, 3.05) is 5.32 Å². The number of pyridine rings is 1. The third kappa shape index (κ3) is 4.60. The highest BCUT2D eigenvalue weighted by Crippen LogP contribution is 2.21. The molecule has 0 atom stereocenters. The monoisotopic (exact) mass is 404 g/mol. The predicted molar refractivity (Wildman–Crippen MR) is 116 cm³/mol. The van der Waals surface area contributed by atoms with Crippen molar-refractivity contribution in [1.29, 1.82) is 0 Å². The van der Waals surface area contributed by atoms with E-state index in [2.05, 4.69) is 49.3 Å². The molecule has 0 saturated heterocycles. The Bertz CT molecular complexity index is 1210. The van der Waals surface area contributed by atoms with Crippen molar-refractivity contribution in [3.8, 4) is 0 Å². The van der Waals surface area contributed by atoms with E-state index in [0.29, 0.717) is 23.3 Å². The van der Waals surface area contributed by atoms with Gasteiger partial charge in [-0.25, -0.2) is 19.9 Å². The first-order valence-corrected chi connectivity index (χ1v) is 10.3. The van der Waals surface area contributed by atoms with E-state index in [4.69, 9.17) is 0 Å². The van der Waals surface area contributed by atoms with Crippen LogP contribution in [0.25, 0.3) is 10.9 Å². The number of nitrogens with zero attached hydrogens (tertiary/aromatic N) is 4. The summed E-state index contributed by atoms with van der Waals surface area (Å²) in [5, 5.41) is 4.93. The number of nitrogens with one attached hydrogen (secondary N) is 2. The lowest BCUT2D eigenvalue weighted by Gasteiger charge is -2.09. The fourth-order valence-electron chi connectivity index (χ4n) is 2.93. The Morgan fingerprint density at radius 3 is 2.79 bits per heavy atom. The van der Waals surface area contributed by atoms with Gasteiger partial charge in [0.2, 0.25) is 11.9 Å². The predicted octanol–water partition coefficient (Wildman–Crippen LogP) is 4.01. The van der Waals surface area contributed by atoms with Crippen molar-refractivity contribution < 1.29 is 0 Å². The smallest absolute Gasteiger partial charge is 0.252 e. The minimum absolute atomic E-state index is 0.232. The first kappa shape index (κ1) is 19.1. The molecular formula is C21H20N6OS. The van der Waals surface area contributed by atoms with Gasteiger partial charge in [0.25, 0.3) is 5.56 Å². The summed E-state index contributed by atoms with van der Waals surface area (Å²) in [5.41, 5.74) is 3.38. The highest BCUT2D eigenvalue weighted by Gasteiger charge is 2.08. The number of benzene rings is 1. The first-order chi connectivity index (χ1) is 14.1. The maximum atomic E-state index is 12.1. The molecule has 29 heavy (non-hydrogen) atoms. The average Bonchev–Trinajstić information content (AvgIpc) is 2.72. The summed E-state index contributed by atoms with van der Waals surface area (Å²) >= 11 is 1.52. The van der Waals surface area contributed by atoms with Gasteiger partial charge in [0.05, 0.1) is 21.9 Å². The molecule has 0 aliphatic carbocycles. The molecule has 0 aliphatic heterocycles. The molecule has 7 nitrogen and oxygen atoms in total. The minimum Gasteiger partial charge on any atom is -0.294 e. The van der Waals surface area contributed by atoms with Crippen LogP contribution in [0, 0.1) is 6.92 Å². The molecule has 3 aromatic heterocycles. The van der Waals surface area contributed by atoms with Crippen molar-refractivity contribution in [2.24, 2.45) is 0 Å². The second kappa shape index (κ2) is 8.40. The van der Waals surface area contributed by atoms with Crippen LogP contribution in [0.2, 0.25) is 0 Å². The maximum absolute atomic E-state index is 12.1. The van der Waals surface area contributed by atoms with Crippen LogP contribution < -0.4 is 10.9 Å². The first-order valence-electron chi connectivity index (χ1n) is 9.29. The third-order valence-corrected chi connectivity index (χ3v) is 5.37. The SMILES string of the molecule is CCc1ccc2nc(Nc3nc(CSc4ccccn4)cc(=O)[nH]3)nc(C)c2c1. The van der Waals surface area contributed by atoms with Gasteiger partial charge >= 0.3 is 0 Å². The molecule has 0 saturated carbocycles. The third-order valence-electron chi connectivity index (χ3n) is 4.39. The van der Waals surface area contributed by atoms with Crippen molar-refractivity contribution in [3.63, 3.8) is 0 Å². The molecule has 0 unspecified atom stereocenters. The van der Waals surface area contributed by atoms with Gasteiger partial charge in [0.15, 0.2) is 0 Å². The van der Waals surface area contributed by atoms with Crippen LogP contribution in [0.3, 0.4) is 0 Å². The zero-order valence-corrected chi connectivity index (χ0v) is 17.0. The van der Waals surface area contributed by atoms with Crippen LogP contribution >= 0.6 is 11.8 Å². The lowest BCUT2D eigenvalue weighted by molar-refractivity contribution is 1.03. The van der Waals surface area contributed by atoms with Crippen LogP contribution in [-0.2, 0) is 12.2 Å². The van der Waals surface area contributed by atoms with Crippen LogP contribution in [0.4, 0.5) is 11.9 Å². The fraction of sp³-hybridized carbons (Fsp3) is 0.190. The number of anilines is 2. The van der Waals surface area contributed by atoms with E-state index in [1.54, 1.807) is 6.20 Å². The van der Waals surface area contributed by atoms with Crippen LogP contribution in [0.15, 0.2) is 58.5 Å². The quantitative estimate of drug-likeness (QED) is 0.469. The molecular weight excluding hydrogens is 384 g/mol. The topological polar surface area (TPSA) is 96.5 Å². The fourth-order valence-corrected chi connectivity index (χ4v) is 3.69. The van der Waals surface area contributed by atoms with Gasteiger partial charge in [-0.15, -0.1) is 11.8 Å². The van der Waals surface area contributed by atoms with Crippen LogP contribution in [-0.4, -0.2) is 24.9 Å². The summed E-state index contributed by atoms with van der Waals surface area (Å²) in [6.07, 6.45) is 2.70. The number of rotatable bonds is 6. The summed E-state index contributed by atoms with van der Waals surface area (Å²) in [7, 11) is 0. The van der Waals surface area contributed by atoms with E-state index < -0.39 is 0 Å². The molecule has 4 rings (SSSR count). The highest BCUT2D eigenvalue weighted by atomic mass is 32.2. The van der Waals surface area contributed by atoms with Gasteiger partial charge in [0.1, 0.15) is 0 Å². The molecule has 0 spiro atoms. The molecule has 146 valence electrons. The number of aromatic nitrogens is 5. The largest absolute Gasteiger partial charge is 0.294 e. The number of thioether (sulfide) groups is 1. The molecule has 4 aromatic rings. The van der Waals surface area contributed by atoms with Gasteiger partial charge in [-0.05, 0) is 43.2 Å². The maximum Gasteiger partial charge on any atom is 0.252 e. The Labute approximate surface area is 172 Å². The molecule has 0 fully saturated rings. The Kier molecular flexibility index (Phi) is 5.53. The average molecular weight is 404 g/mol. The Morgan fingerprint density at radius 1 is 1.10 bits per heavy atom. The second-order valence-corrected chi connectivity index (χ2v) is 7.50. The summed E-state index contributed by atoms with van der Waals surface area (Å²) in [6, 6.07) is 13.4. The molecule has 0 bridgehead atoms. The number of hydrogen-bond acceptors (Lipinski definition) is 7. The molecule has 1 aromatic carbocycles. The molecule has 3 heterocycles. The van der Waals surface area contributed by atoms with Crippen molar-refractivity contribution >= 4 is 34.6 Å². The van der Waals surface area contributed by atoms with Crippen LogP contribution in [0.1, 0.15) is 23.9 Å². The lowest BCUT2D eigenvalue weighted by atomic mass is 10.1. The van der Waals surface area contributed by atoms with Gasteiger partial charge in [-0.2, -0.15) is 0 Å². The lowest BCUT2D eigenvalue weighted by Crippen LogP contribution is -2.13. The number of fused-ring (bicyclic) bond motifs is 1. The summed E-state index contributed by atoms with van der Waals surface area (Å²) < 4.78 is 0. The summed E-state index contributed by atoms with van der Waals surface area (Å²) in [4.78, 5) is 32.6. The van der Waals surface area contributed by atoms with Crippen molar-refractivity contribution in [1.82, 2.24) is 24.9 Å². The Hall–Kier alpha value is -3.26. The van der Waals surface area contributed by atoms with E-state index in [9.17, 15) is 4.79 Å². The van der Waals surface area contributed by atoms with Gasteiger partial charge in [0, 0.05) is 23.4 Å². The summed E-state index contributed by atoms with van der Waals surface area (Å²) in [5.74, 6) is 1.25. The van der Waals surface area contributed by atoms with Gasteiger partial charge < -0.3 is 0 Å². The Balaban J connectivity index is 1.57. The number of hydrogen-bond donors (Lipinski definition) is 2. The van der Waals surface area contributed by atoms with E-state index in [1.807, 2.05) is 31.2 Å². The van der Waals surface area contributed by atoms with E-state index >= 15 is 0 Å². The second-order valence-electron chi connectivity index (χ2n) is 6.50. The number of aromatic amines is 1. The molecule has 8 heteroatoms. The zero-order chi connectivity index (χ0) is 20.2. The molecule has 0 aliphatic rings. The minimum atomic E-state index is -0.232. The number of aryl methyl sites for hydroxylation is 2. The van der Waals surface area contributed by atoms with E-state index in [0.717, 1.165) is 28.0 Å². The summed E-state index contributed by atoms with van der Waals surface area (Å²) in [6.45, 7) is 4.07. The zero-order valence-electron chi connectivity index (χ0n) is 16.1. The van der Waals surface area contributed by atoms with Gasteiger partial charge in [-0.1, -0.05) is 19.1 Å². The molecule has 2 N–H and O–H groups in total. The van der Waals surface area contributed by atoms with Crippen molar-refractivity contribution in [2.45, 2.75) is 31.0 Å². The van der Waals surface area contributed by atoms with Gasteiger partial charge in [-0.3, -0.25) is 15.1 Å². The number of H-pyrrole nitrogens is 1.